The van der Waals surface area contributed by atoms with E-state index in [1.54, 1.807) is 0 Å². The van der Waals surface area contributed by atoms with Crippen LogP contribution in [0, 0.1) is 12.8 Å². The molecule has 0 fully saturated rings. The fraction of sp³-hybridized carbons (Fsp3) is 0.286. The van der Waals surface area contributed by atoms with Crippen molar-refractivity contribution in [3.05, 3.63) is 11.2 Å². The number of thiazole rings is 1. The van der Waals surface area contributed by atoms with Crippen molar-refractivity contribution in [3.63, 3.8) is 0 Å². The lowest BCUT2D eigenvalue weighted by Crippen LogP contribution is -2.02. The number of hydrogen-bond acceptors (Lipinski definition) is 3. The number of rotatable bonds is 0. The van der Waals surface area contributed by atoms with Crippen molar-refractivity contribution in [2.24, 2.45) is 0 Å². The molecule has 0 atom stereocenters. The van der Waals surface area contributed by atoms with E-state index in [1.165, 1.54) is 0 Å². The van der Waals surface area contributed by atoms with Crippen LogP contribution in [-0.2, 0) is 6.18 Å². The first kappa shape index (κ1) is 14.3. The highest BCUT2D eigenvalue weighted by Crippen LogP contribution is 2.34. The summed E-state index contributed by atoms with van der Waals surface area (Å²) >= 11 is 0.214. The van der Waals surface area contributed by atoms with Gasteiger partial charge < -0.3 is 5.11 Å². The fourth-order valence-corrected chi connectivity index (χ4v) is 0.921. The van der Waals surface area contributed by atoms with Crippen LogP contribution < -0.4 is 0 Å². The number of aromatic hydroxyl groups is 1. The van der Waals surface area contributed by atoms with Gasteiger partial charge in [-0.2, -0.15) is 13.2 Å². The number of alkyl halides is 3. The zero-order chi connectivity index (χ0) is 9.78. The molecule has 0 aliphatic rings. The highest BCUT2D eigenvalue weighted by molar-refractivity contribution is 7.13. The smallest absolute Gasteiger partial charge is 0.443 e. The molecule has 0 aromatic carbocycles. The van der Waals surface area contributed by atoms with Gasteiger partial charge >= 0.3 is 6.18 Å². The Kier molecular flexibility index (Phi) is 5.98. The molecule has 1 N–H and O–H groups in total. The Hall–Kier alpha value is -1.22. The summed E-state index contributed by atoms with van der Waals surface area (Å²) in [5.74, 6) is 0. The van der Waals surface area contributed by atoms with Crippen molar-refractivity contribution in [2.75, 3.05) is 0 Å². The van der Waals surface area contributed by atoms with Crippen molar-refractivity contribution in [1.29, 1.82) is 0 Å². The molecule has 1 heterocycles. The van der Waals surface area contributed by atoms with Crippen molar-refractivity contribution in [2.45, 2.75) is 13.6 Å². The van der Waals surface area contributed by atoms with Crippen LogP contribution in [0.1, 0.15) is 12.4 Å². The second-order valence-corrected chi connectivity index (χ2v) is 2.51. The summed E-state index contributed by atoms with van der Waals surface area (Å²) in [4.78, 5) is 2.93. The predicted octanol–water partition coefficient (Wildman–Crippen LogP) is 2.75. The molecule has 1 rings (SSSR count). The zero-order valence-electron chi connectivity index (χ0n) is 5.67. The van der Waals surface area contributed by atoms with E-state index in [1.807, 2.05) is 0 Å². The molecule has 1 aromatic rings. The topological polar surface area (TPSA) is 33.1 Å². The summed E-state index contributed by atoms with van der Waals surface area (Å²) in [6, 6.07) is 0. The molecule has 1 aromatic heterocycles. The standard InChI is InChI=1S/C4H2F3NOS.C2H2.CH4/c5-4(6,7)3-8-1-2(9)10-3;1-2;/h1,9H;1-2H;1H4. The van der Waals surface area contributed by atoms with Crippen molar-refractivity contribution >= 4 is 11.3 Å². The summed E-state index contributed by atoms with van der Waals surface area (Å²) in [6.45, 7) is 0. The largest absolute Gasteiger partial charge is 0.498 e. The molecule has 0 radical (unpaired) electrons. The number of aromatic nitrogens is 1. The summed E-state index contributed by atoms with van der Waals surface area (Å²) in [6.07, 6.45) is 4.33. The van der Waals surface area contributed by atoms with Crippen LogP contribution in [0.3, 0.4) is 0 Å². The molecular formula is C7H8F3NOS. The minimum absolute atomic E-state index is 0. The van der Waals surface area contributed by atoms with Crippen LogP contribution >= 0.6 is 11.3 Å². The van der Waals surface area contributed by atoms with Crippen molar-refractivity contribution in [3.8, 4) is 17.9 Å². The Balaban J connectivity index is 0. The Morgan fingerprint density at radius 1 is 1.38 bits per heavy atom. The summed E-state index contributed by atoms with van der Waals surface area (Å²) in [7, 11) is 0. The van der Waals surface area contributed by atoms with E-state index in [-0.39, 0.29) is 18.8 Å². The lowest BCUT2D eigenvalue weighted by atomic mass is 10.7. The Bertz CT molecular complexity index is 266. The lowest BCUT2D eigenvalue weighted by Gasteiger charge is -1.97. The summed E-state index contributed by atoms with van der Waals surface area (Å²) in [5, 5.41) is 7.03. The molecule has 0 spiro atoms. The van der Waals surface area contributed by atoms with E-state index in [4.69, 9.17) is 5.11 Å². The maximum absolute atomic E-state index is 11.6. The third-order valence-electron chi connectivity index (χ3n) is 0.736. The molecule has 74 valence electrons. The monoisotopic (exact) mass is 211 g/mol. The second kappa shape index (κ2) is 5.43. The average molecular weight is 211 g/mol. The lowest BCUT2D eigenvalue weighted by molar-refractivity contribution is -0.137. The van der Waals surface area contributed by atoms with Gasteiger partial charge in [-0.05, 0) is 0 Å². The van der Waals surface area contributed by atoms with Crippen LogP contribution in [0.5, 0.6) is 5.06 Å². The van der Waals surface area contributed by atoms with Crippen LogP contribution in [0.4, 0.5) is 13.2 Å². The summed E-state index contributed by atoms with van der Waals surface area (Å²) in [5.41, 5.74) is 0. The van der Waals surface area contributed by atoms with Crippen LogP contribution in [-0.4, -0.2) is 10.1 Å². The normalized spacial score (nSPS) is 9.31. The second-order valence-electron chi connectivity index (χ2n) is 1.50. The van der Waals surface area contributed by atoms with Crippen molar-refractivity contribution in [1.82, 2.24) is 4.98 Å². The van der Waals surface area contributed by atoms with E-state index < -0.39 is 16.2 Å². The maximum Gasteiger partial charge on any atom is 0.443 e. The first-order chi connectivity index (χ1) is 5.50. The van der Waals surface area contributed by atoms with Gasteiger partial charge in [0.2, 0.25) is 5.01 Å². The molecule has 0 saturated heterocycles. The number of terminal acetylenes is 1. The first-order valence-corrected chi connectivity index (χ1v) is 3.37. The molecule has 2 nitrogen and oxygen atoms in total. The predicted molar refractivity (Wildman–Crippen MR) is 45.4 cm³/mol. The maximum atomic E-state index is 11.6. The Labute approximate surface area is 78.1 Å². The third kappa shape index (κ3) is 4.38. The zero-order valence-corrected chi connectivity index (χ0v) is 6.49. The molecule has 13 heavy (non-hydrogen) atoms. The van der Waals surface area contributed by atoms with Crippen molar-refractivity contribution < 1.29 is 18.3 Å². The van der Waals surface area contributed by atoms with Crippen LogP contribution in [0.2, 0.25) is 0 Å². The van der Waals surface area contributed by atoms with Gasteiger partial charge in [0.05, 0.1) is 6.20 Å². The first-order valence-electron chi connectivity index (χ1n) is 2.55. The van der Waals surface area contributed by atoms with Gasteiger partial charge in [0, 0.05) is 0 Å². The number of halogens is 3. The van der Waals surface area contributed by atoms with Gasteiger partial charge in [-0.15, -0.1) is 12.8 Å². The Morgan fingerprint density at radius 2 is 1.85 bits per heavy atom. The summed E-state index contributed by atoms with van der Waals surface area (Å²) < 4.78 is 34.9. The number of nitrogens with zero attached hydrogens (tertiary/aromatic N) is 1. The van der Waals surface area contributed by atoms with Gasteiger partial charge in [-0.3, -0.25) is 0 Å². The molecule has 0 amide bonds. The van der Waals surface area contributed by atoms with E-state index in [9.17, 15) is 13.2 Å². The molecule has 0 bridgehead atoms. The highest BCUT2D eigenvalue weighted by Gasteiger charge is 2.34. The quantitative estimate of drug-likeness (QED) is 0.669. The highest BCUT2D eigenvalue weighted by atomic mass is 32.1. The van der Waals surface area contributed by atoms with E-state index in [0.29, 0.717) is 0 Å². The molecule has 0 aliphatic heterocycles. The SMILES string of the molecule is C.C#C.Oc1cnc(C(F)(F)F)s1. The van der Waals surface area contributed by atoms with Gasteiger partial charge in [0.1, 0.15) is 0 Å². The molecule has 0 unspecified atom stereocenters. The molecular weight excluding hydrogens is 203 g/mol. The fourth-order valence-electron chi connectivity index (χ4n) is 0.397. The van der Waals surface area contributed by atoms with Gasteiger partial charge in [0.15, 0.2) is 5.06 Å². The van der Waals surface area contributed by atoms with E-state index in [0.717, 1.165) is 6.20 Å². The molecule has 6 heteroatoms. The minimum atomic E-state index is -4.44. The molecule has 0 aliphatic carbocycles. The van der Waals surface area contributed by atoms with E-state index >= 15 is 0 Å². The number of hydrogen-bond donors (Lipinski definition) is 1. The van der Waals surface area contributed by atoms with Crippen LogP contribution in [0.15, 0.2) is 6.20 Å². The average Bonchev–Trinajstić information content (AvgIpc) is 2.39. The van der Waals surface area contributed by atoms with Gasteiger partial charge in [0.25, 0.3) is 0 Å². The Morgan fingerprint density at radius 3 is 2.00 bits per heavy atom. The molecule has 0 saturated carbocycles. The minimum Gasteiger partial charge on any atom is -0.498 e. The van der Waals surface area contributed by atoms with E-state index in [2.05, 4.69) is 17.8 Å². The van der Waals surface area contributed by atoms with Gasteiger partial charge in [-0.1, -0.05) is 18.8 Å². The third-order valence-corrected chi connectivity index (χ3v) is 1.58. The van der Waals surface area contributed by atoms with Gasteiger partial charge in [-0.25, -0.2) is 4.98 Å². The van der Waals surface area contributed by atoms with Crippen LogP contribution in [0.25, 0.3) is 0 Å².